The molecular weight excluding hydrogens is 290 g/mol. The lowest BCUT2D eigenvalue weighted by Crippen LogP contribution is -2.22. The van der Waals surface area contributed by atoms with Crippen LogP contribution >= 0.6 is 11.6 Å². The zero-order chi connectivity index (χ0) is 15.6. The van der Waals surface area contributed by atoms with Crippen molar-refractivity contribution in [3.05, 3.63) is 45.8 Å². The maximum Gasteiger partial charge on any atom is 0.254 e. The zero-order valence-corrected chi connectivity index (χ0v) is 13.3. The van der Waals surface area contributed by atoms with E-state index in [0.29, 0.717) is 17.1 Å². The van der Waals surface area contributed by atoms with Gasteiger partial charge in [-0.3, -0.25) is 4.79 Å². The van der Waals surface area contributed by atoms with E-state index in [1.807, 2.05) is 19.9 Å². The van der Waals surface area contributed by atoms with E-state index in [1.165, 1.54) is 4.90 Å². The minimum Gasteiger partial charge on any atom is -0.381 e. The van der Waals surface area contributed by atoms with Crippen LogP contribution in [0.15, 0.2) is 22.7 Å². The Hall–Kier alpha value is -2.01. The fourth-order valence-corrected chi connectivity index (χ4v) is 2.18. The zero-order valence-electron chi connectivity index (χ0n) is 12.5. The summed E-state index contributed by atoms with van der Waals surface area (Å²) in [5.41, 5.74) is 3.18. The number of nitrogens with zero attached hydrogens (tertiary/aromatic N) is 2. The van der Waals surface area contributed by atoms with E-state index in [1.54, 1.807) is 26.2 Å². The summed E-state index contributed by atoms with van der Waals surface area (Å²) in [4.78, 5) is 13.5. The molecular formula is C15H18ClN3O2. The quantitative estimate of drug-likeness (QED) is 0.942. The first kappa shape index (κ1) is 15.4. The Bertz CT molecular complexity index is 645. The van der Waals surface area contributed by atoms with E-state index in [2.05, 4.69) is 10.5 Å². The second kappa shape index (κ2) is 6.18. The topological polar surface area (TPSA) is 58.4 Å². The molecule has 0 aliphatic heterocycles. The molecule has 112 valence electrons. The molecule has 2 rings (SSSR count). The van der Waals surface area contributed by atoms with Crippen LogP contribution in [0.3, 0.4) is 0 Å². The number of carbonyl (C=O) groups excluding carboxylic acids is 1. The normalized spacial score (nSPS) is 10.5. The van der Waals surface area contributed by atoms with Crippen LogP contribution in [-0.2, 0) is 6.54 Å². The Morgan fingerprint density at radius 3 is 2.67 bits per heavy atom. The van der Waals surface area contributed by atoms with Gasteiger partial charge in [0, 0.05) is 31.9 Å². The Labute approximate surface area is 128 Å². The van der Waals surface area contributed by atoms with Crippen LogP contribution in [0.1, 0.15) is 27.4 Å². The molecule has 1 heterocycles. The minimum atomic E-state index is -0.124. The first-order valence-electron chi connectivity index (χ1n) is 6.57. The van der Waals surface area contributed by atoms with E-state index in [0.717, 1.165) is 22.7 Å². The number of benzene rings is 1. The number of aryl methyl sites for hydroxylation is 2. The molecule has 21 heavy (non-hydrogen) atoms. The Kier molecular flexibility index (Phi) is 4.53. The smallest absolute Gasteiger partial charge is 0.254 e. The predicted molar refractivity (Wildman–Crippen MR) is 82.8 cm³/mol. The molecule has 5 nitrogen and oxygen atoms in total. The monoisotopic (exact) mass is 307 g/mol. The fourth-order valence-electron chi connectivity index (χ4n) is 1.98. The number of rotatable bonds is 4. The number of amides is 1. The molecule has 1 N–H and O–H groups in total. The van der Waals surface area contributed by atoms with Gasteiger partial charge in [-0.1, -0.05) is 16.8 Å². The van der Waals surface area contributed by atoms with Gasteiger partial charge in [0.15, 0.2) is 0 Å². The van der Waals surface area contributed by atoms with Gasteiger partial charge >= 0.3 is 0 Å². The molecule has 1 aromatic heterocycles. The van der Waals surface area contributed by atoms with Crippen LogP contribution in [0.2, 0.25) is 5.02 Å². The largest absolute Gasteiger partial charge is 0.381 e. The summed E-state index contributed by atoms with van der Waals surface area (Å²) in [5.74, 6) is 0.666. The Balaban J connectivity index is 2.18. The van der Waals surface area contributed by atoms with E-state index >= 15 is 0 Å². The second-order valence-electron chi connectivity index (χ2n) is 5.05. The number of nitrogens with one attached hydrogen (secondary N) is 1. The van der Waals surface area contributed by atoms with Gasteiger partial charge in [0.25, 0.3) is 5.91 Å². The van der Waals surface area contributed by atoms with Gasteiger partial charge in [-0.05, 0) is 32.0 Å². The second-order valence-corrected chi connectivity index (χ2v) is 5.46. The van der Waals surface area contributed by atoms with Crippen molar-refractivity contribution in [2.24, 2.45) is 0 Å². The predicted octanol–water partition coefficient (Wildman–Crippen LogP) is 3.26. The maximum atomic E-state index is 12.0. The molecule has 0 spiro atoms. The van der Waals surface area contributed by atoms with Crippen LogP contribution in [0, 0.1) is 13.8 Å². The molecule has 0 radical (unpaired) electrons. The molecule has 6 heteroatoms. The lowest BCUT2D eigenvalue weighted by atomic mass is 10.1. The van der Waals surface area contributed by atoms with Crippen molar-refractivity contribution in [1.29, 1.82) is 0 Å². The minimum absolute atomic E-state index is 0.124. The van der Waals surface area contributed by atoms with Crippen molar-refractivity contribution in [3.63, 3.8) is 0 Å². The summed E-state index contributed by atoms with van der Waals surface area (Å²) < 4.78 is 5.12. The van der Waals surface area contributed by atoms with Crippen molar-refractivity contribution in [2.45, 2.75) is 20.4 Å². The summed E-state index contributed by atoms with van der Waals surface area (Å²) in [5, 5.41) is 7.62. The van der Waals surface area contributed by atoms with Gasteiger partial charge in [-0.25, -0.2) is 0 Å². The van der Waals surface area contributed by atoms with Crippen LogP contribution in [-0.4, -0.2) is 30.1 Å². The number of hydrogen-bond acceptors (Lipinski definition) is 4. The van der Waals surface area contributed by atoms with Gasteiger partial charge in [0.1, 0.15) is 5.76 Å². The highest BCUT2D eigenvalue weighted by Crippen LogP contribution is 2.23. The van der Waals surface area contributed by atoms with E-state index in [-0.39, 0.29) is 5.91 Å². The number of carbonyl (C=O) groups is 1. The number of halogens is 1. The Morgan fingerprint density at radius 1 is 1.38 bits per heavy atom. The maximum absolute atomic E-state index is 12.0. The van der Waals surface area contributed by atoms with Gasteiger partial charge in [0.05, 0.1) is 16.3 Å². The summed E-state index contributed by atoms with van der Waals surface area (Å²) in [6.45, 7) is 4.36. The molecule has 0 fully saturated rings. The highest BCUT2D eigenvalue weighted by atomic mass is 35.5. The average molecular weight is 308 g/mol. The van der Waals surface area contributed by atoms with E-state index in [9.17, 15) is 4.79 Å². The summed E-state index contributed by atoms with van der Waals surface area (Å²) in [6, 6.07) is 5.31. The highest BCUT2D eigenvalue weighted by molar-refractivity contribution is 6.34. The molecule has 0 atom stereocenters. The van der Waals surface area contributed by atoms with Gasteiger partial charge < -0.3 is 14.7 Å². The Morgan fingerprint density at radius 2 is 2.10 bits per heavy atom. The highest BCUT2D eigenvalue weighted by Gasteiger charge is 2.14. The molecule has 0 saturated heterocycles. The van der Waals surface area contributed by atoms with Crippen LogP contribution in [0.25, 0.3) is 0 Å². The molecule has 1 aromatic carbocycles. The summed E-state index contributed by atoms with van der Waals surface area (Å²) in [7, 11) is 3.39. The number of aromatic nitrogens is 1. The summed E-state index contributed by atoms with van der Waals surface area (Å²) >= 11 is 6.09. The van der Waals surface area contributed by atoms with E-state index < -0.39 is 0 Å². The number of hydrogen-bond donors (Lipinski definition) is 1. The lowest BCUT2D eigenvalue weighted by molar-refractivity contribution is 0.0828. The number of anilines is 1. The van der Waals surface area contributed by atoms with Crippen LogP contribution < -0.4 is 5.32 Å². The van der Waals surface area contributed by atoms with Crippen LogP contribution in [0.5, 0.6) is 0 Å². The van der Waals surface area contributed by atoms with Crippen molar-refractivity contribution in [2.75, 3.05) is 19.4 Å². The summed E-state index contributed by atoms with van der Waals surface area (Å²) in [6.07, 6.45) is 0. The third-order valence-corrected chi connectivity index (χ3v) is 3.58. The molecule has 0 aliphatic carbocycles. The lowest BCUT2D eigenvalue weighted by Gasteiger charge is -2.13. The van der Waals surface area contributed by atoms with Crippen LogP contribution in [0.4, 0.5) is 5.69 Å². The molecule has 0 saturated carbocycles. The molecule has 0 aliphatic rings. The SMILES string of the molecule is Cc1noc(C)c1CNc1ccc(Cl)c(C(=O)N(C)C)c1. The van der Waals surface area contributed by atoms with Crippen molar-refractivity contribution in [3.8, 4) is 0 Å². The standard InChI is InChI=1S/C15H18ClN3O2/c1-9-13(10(2)21-18-9)8-17-11-5-6-14(16)12(7-11)15(20)19(3)4/h5-7,17H,8H2,1-4H3. The van der Waals surface area contributed by atoms with Crippen molar-refractivity contribution < 1.29 is 9.32 Å². The third-order valence-electron chi connectivity index (χ3n) is 3.25. The molecule has 1 amide bonds. The molecule has 0 unspecified atom stereocenters. The first-order valence-corrected chi connectivity index (χ1v) is 6.94. The van der Waals surface area contributed by atoms with Crippen molar-refractivity contribution in [1.82, 2.24) is 10.1 Å². The van der Waals surface area contributed by atoms with E-state index in [4.69, 9.17) is 16.1 Å². The first-order chi connectivity index (χ1) is 9.90. The van der Waals surface area contributed by atoms with Gasteiger partial charge in [0.2, 0.25) is 0 Å². The molecule has 2 aromatic rings. The van der Waals surface area contributed by atoms with Crippen molar-refractivity contribution >= 4 is 23.2 Å². The van der Waals surface area contributed by atoms with Gasteiger partial charge in [-0.15, -0.1) is 0 Å². The molecule has 0 bridgehead atoms. The van der Waals surface area contributed by atoms with Gasteiger partial charge in [-0.2, -0.15) is 0 Å². The third kappa shape index (κ3) is 3.36. The fraction of sp³-hybridized carbons (Fsp3) is 0.333. The average Bonchev–Trinajstić information content (AvgIpc) is 2.76.